The Hall–Kier alpha value is -1.53. The Labute approximate surface area is 96.6 Å². The molecule has 17 heavy (non-hydrogen) atoms. The van der Waals surface area contributed by atoms with E-state index in [1.54, 1.807) is 0 Å². The number of carbonyl (C=O) groups is 1. The first-order valence-electron chi connectivity index (χ1n) is 5.23. The van der Waals surface area contributed by atoms with E-state index >= 15 is 0 Å². The van der Waals surface area contributed by atoms with E-state index in [1.807, 2.05) is 0 Å². The van der Waals surface area contributed by atoms with Gasteiger partial charge in [0.25, 0.3) is 0 Å². The number of benzene rings is 1. The number of nitrogens with one attached hydrogen (secondary N) is 2. The highest BCUT2D eigenvalue weighted by Crippen LogP contribution is 2.29. The van der Waals surface area contributed by atoms with Crippen molar-refractivity contribution >= 4 is 5.97 Å². The number of hydrogen-bond acceptors (Lipinski definition) is 3. The van der Waals surface area contributed by atoms with E-state index in [1.165, 1.54) is 0 Å². The third-order valence-electron chi connectivity index (χ3n) is 2.82. The predicted molar refractivity (Wildman–Crippen MR) is 56.0 cm³/mol. The summed E-state index contributed by atoms with van der Waals surface area (Å²) in [5.41, 5.74) is 5.70. The zero-order valence-corrected chi connectivity index (χ0v) is 8.91. The molecular weight excluding hydrogens is 230 g/mol. The third-order valence-corrected chi connectivity index (χ3v) is 2.82. The zero-order valence-electron chi connectivity index (χ0n) is 8.91. The van der Waals surface area contributed by atoms with Crippen molar-refractivity contribution in [2.24, 2.45) is 5.92 Å². The molecule has 0 spiro atoms. The highest BCUT2D eigenvalue weighted by Gasteiger charge is 2.31. The Kier molecular flexibility index (Phi) is 3.35. The van der Waals surface area contributed by atoms with E-state index in [-0.39, 0.29) is 17.9 Å². The summed E-state index contributed by atoms with van der Waals surface area (Å²) in [4.78, 5) is 10.7. The molecule has 1 fully saturated rings. The number of rotatable bonds is 3. The van der Waals surface area contributed by atoms with Crippen LogP contribution in [0.25, 0.3) is 0 Å². The molecule has 1 aromatic carbocycles. The summed E-state index contributed by atoms with van der Waals surface area (Å²) in [5, 5.41) is 8.74. The number of hydrogen-bond donors (Lipinski definition) is 3. The van der Waals surface area contributed by atoms with Crippen LogP contribution in [0.5, 0.6) is 0 Å². The van der Waals surface area contributed by atoms with E-state index < -0.39 is 23.6 Å². The fraction of sp³-hybridized carbons (Fsp3) is 0.364. The molecule has 2 rings (SSSR count). The van der Waals surface area contributed by atoms with E-state index in [9.17, 15) is 13.6 Å². The molecule has 0 radical (unpaired) electrons. The lowest BCUT2D eigenvalue weighted by molar-refractivity contribution is -0.138. The Morgan fingerprint density at radius 2 is 2.24 bits per heavy atom. The van der Waals surface area contributed by atoms with Gasteiger partial charge in [0.05, 0.1) is 12.5 Å². The van der Waals surface area contributed by atoms with Gasteiger partial charge in [-0.25, -0.2) is 14.2 Å². The van der Waals surface area contributed by atoms with E-state index in [2.05, 4.69) is 10.9 Å². The van der Waals surface area contributed by atoms with Crippen LogP contribution in [-0.2, 0) is 4.79 Å². The van der Waals surface area contributed by atoms with Crippen molar-refractivity contribution in [1.29, 1.82) is 0 Å². The van der Waals surface area contributed by atoms with Gasteiger partial charge in [0.2, 0.25) is 0 Å². The minimum atomic E-state index is -0.956. The molecule has 1 aliphatic heterocycles. The molecule has 4 nitrogen and oxygen atoms in total. The Morgan fingerprint density at radius 3 is 2.94 bits per heavy atom. The van der Waals surface area contributed by atoms with Crippen LogP contribution >= 0.6 is 0 Å². The number of carboxylic acids is 1. The van der Waals surface area contributed by atoms with Crippen LogP contribution in [0.1, 0.15) is 18.0 Å². The predicted octanol–water partition coefficient (Wildman–Crippen LogP) is 1.20. The highest BCUT2D eigenvalue weighted by atomic mass is 19.1. The van der Waals surface area contributed by atoms with Crippen molar-refractivity contribution in [3.63, 3.8) is 0 Å². The van der Waals surface area contributed by atoms with Gasteiger partial charge in [-0.1, -0.05) is 0 Å². The number of halogens is 2. The van der Waals surface area contributed by atoms with Gasteiger partial charge in [-0.3, -0.25) is 10.2 Å². The molecule has 0 aliphatic carbocycles. The second-order valence-corrected chi connectivity index (χ2v) is 4.03. The van der Waals surface area contributed by atoms with Crippen LogP contribution in [-0.4, -0.2) is 17.6 Å². The monoisotopic (exact) mass is 242 g/mol. The Morgan fingerprint density at radius 1 is 1.47 bits per heavy atom. The van der Waals surface area contributed by atoms with Gasteiger partial charge in [-0.05, 0) is 18.2 Å². The summed E-state index contributed by atoms with van der Waals surface area (Å²) >= 11 is 0. The Balaban J connectivity index is 2.25. The first kappa shape index (κ1) is 11.9. The minimum Gasteiger partial charge on any atom is -0.481 e. The van der Waals surface area contributed by atoms with Crippen LogP contribution in [0, 0.1) is 17.6 Å². The van der Waals surface area contributed by atoms with Crippen LogP contribution < -0.4 is 10.9 Å². The lowest BCUT2D eigenvalue weighted by Crippen LogP contribution is -2.26. The van der Waals surface area contributed by atoms with Gasteiger partial charge in [0.1, 0.15) is 11.6 Å². The molecule has 92 valence electrons. The van der Waals surface area contributed by atoms with Crippen LogP contribution in [0.2, 0.25) is 0 Å². The zero-order chi connectivity index (χ0) is 12.4. The molecule has 1 aromatic rings. The normalized spacial score (nSPS) is 23.9. The number of aliphatic carboxylic acids is 1. The SMILES string of the molecule is O=C(O)CC1CNNC1c1cc(F)ccc1F. The topological polar surface area (TPSA) is 61.4 Å². The molecule has 6 heteroatoms. The summed E-state index contributed by atoms with van der Waals surface area (Å²) in [7, 11) is 0. The summed E-state index contributed by atoms with van der Waals surface area (Å²) in [6, 6.07) is 2.65. The maximum absolute atomic E-state index is 13.6. The molecule has 2 atom stereocenters. The summed E-state index contributed by atoms with van der Waals surface area (Å²) in [5.74, 6) is -2.33. The molecule has 2 unspecified atom stereocenters. The lowest BCUT2D eigenvalue weighted by atomic mass is 9.92. The van der Waals surface area contributed by atoms with Crippen LogP contribution in [0.15, 0.2) is 18.2 Å². The van der Waals surface area contributed by atoms with Gasteiger partial charge in [0.15, 0.2) is 0 Å². The molecule has 0 bridgehead atoms. The quantitative estimate of drug-likeness (QED) is 0.745. The molecule has 0 saturated carbocycles. The van der Waals surface area contributed by atoms with Gasteiger partial charge in [-0.15, -0.1) is 0 Å². The molecule has 1 aliphatic rings. The van der Waals surface area contributed by atoms with Crippen molar-refractivity contribution < 1.29 is 18.7 Å². The lowest BCUT2D eigenvalue weighted by Gasteiger charge is -2.17. The average Bonchev–Trinajstić information content (AvgIpc) is 2.69. The minimum absolute atomic E-state index is 0.0966. The summed E-state index contributed by atoms with van der Waals surface area (Å²) < 4.78 is 26.6. The molecule has 0 aromatic heterocycles. The first-order chi connectivity index (χ1) is 8.08. The molecule has 1 heterocycles. The second kappa shape index (κ2) is 4.77. The fourth-order valence-electron chi connectivity index (χ4n) is 2.03. The van der Waals surface area contributed by atoms with Crippen molar-refractivity contribution in [3.8, 4) is 0 Å². The smallest absolute Gasteiger partial charge is 0.303 e. The number of carboxylic acid groups (broad SMARTS) is 1. The Bertz CT molecular complexity index is 439. The van der Waals surface area contributed by atoms with Crippen molar-refractivity contribution in [2.45, 2.75) is 12.5 Å². The third kappa shape index (κ3) is 2.59. The van der Waals surface area contributed by atoms with Gasteiger partial charge >= 0.3 is 5.97 Å². The van der Waals surface area contributed by atoms with Crippen LogP contribution in [0.4, 0.5) is 8.78 Å². The molecule has 3 N–H and O–H groups in total. The van der Waals surface area contributed by atoms with E-state index in [4.69, 9.17) is 5.11 Å². The maximum atomic E-state index is 13.6. The molecular formula is C11H12F2N2O2. The van der Waals surface area contributed by atoms with Crippen molar-refractivity contribution in [2.75, 3.05) is 6.54 Å². The van der Waals surface area contributed by atoms with E-state index in [0.717, 1.165) is 18.2 Å². The average molecular weight is 242 g/mol. The maximum Gasteiger partial charge on any atom is 0.303 e. The first-order valence-corrected chi connectivity index (χ1v) is 5.23. The highest BCUT2D eigenvalue weighted by molar-refractivity contribution is 5.67. The summed E-state index contributed by atoms with van der Waals surface area (Å²) in [6.07, 6.45) is -0.0966. The second-order valence-electron chi connectivity index (χ2n) is 4.03. The standard InChI is InChI=1S/C11H12F2N2O2/c12-7-1-2-9(13)8(4-7)11-6(3-10(16)17)5-14-15-11/h1-2,4,6,11,14-15H,3,5H2,(H,16,17). The van der Waals surface area contributed by atoms with Crippen molar-refractivity contribution in [1.82, 2.24) is 10.9 Å². The van der Waals surface area contributed by atoms with E-state index in [0.29, 0.717) is 6.54 Å². The van der Waals surface area contributed by atoms with Gasteiger partial charge < -0.3 is 5.11 Å². The molecule has 1 saturated heterocycles. The molecule has 0 amide bonds. The van der Waals surface area contributed by atoms with Crippen LogP contribution in [0.3, 0.4) is 0 Å². The number of hydrazine groups is 1. The van der Waals surface area contributed by atoms with Gasteiger partial charge in [0, 0.05) is 18.0 Å². The van der Waals surface area contributed by atoms with Crippen molar-refractivity contribution in [3.05, 3.63) is 35.4 Å². The van der Waals surface area contributed by atoms with Gasteiger partial charge in [-0.2, -0.15) is 0 Å². The largest absolute Gasteiger partial charge is 0.481 e. The summed E-state index contributed by atoms with van der Waals surface area (Å²) in [6.45, 7) is 0.410. The fourth-order valence-corrected chi connectivity index (χ4v) is 2.03.